The number of carboxylic acid groups (broad SMARTS) is 1. The van der Waals surface area contributed by atoms with Crippen molar-refractivity contribution in [3.63, 3.8) is 0 Å². The Morgan fingerprint density at radius 2 is 2.33 bits per heavy atom. The van der Waals surface area contributed by atoms with Gasteiger partial charge in [-0.25, -0.2) is 0 Å². The average molecular weight is 214 g/mol. The zero-order chi connectivity index (χ0) is 11.5. The Bertz CT molecular complexity index is 227. The van der Waals surface area contributed by atoms with E-state index in [1.165, 1.54) is 0 Å². The van der Waals surface area contributed by atoms with Crippen LogP contribution in [0.3, 0.4) is 0 Å². The summed E-state index contributed by atoms with van der Waals surface area (Å²) in [6.07, 6.45) is 4.48. The fourth-order valence-electron chi connectivity index (χ4n) is 2.76. The molecule has 1 aliphatic rings. The number of hydrogen-bond donors (Lipinski definition) is 1. The van der Waals surface area contributed by atoms with E-state index >= 15 is 0 Å². The van der Waals surface area contributed by atoms with Gasteiger partial charge in [0, 0.05) is 7.11 Å². The van der Waals surface area contributed by atoms with Gasteiger partial charge in [0.1, 0.15) is 0 Å². The molecule has 0 heterocycles. The van der Waals surface area contributed by atoms with Gasteiger partial charge in [-0.1, -0.05) is 19.8 Å². The summed E-state index contributed by atoms with van der Waals surface area (Å²) in [7, 11) is 1.65. The summed E-state index contributed by atoms with van der Waals surface area (Å²) in [5.74, 6) is -0.114. The third-order valence-corrected chi connectivity index (χ3v) is 3.63. The van der Waals surface area contributed by atoms with Crippen LogP contribution in [-0.4, -0.2) is 24.3 Å². The molecule has 0 bridgehead atoms. The number of aliphatic carboxylic acids is 1. The highest BCUT2D eigenvalue weighted by atomic mass is 16.5. The first-order valence-electron chi connectivity index (χ1n) is 5.76. The largest absolute Gasteiger partial charge is 0.481 e. The maximum absolute atomic E-state index is 11.4. The van der Waals surface area contributed by atoms with E-state index in [0.29, 0.717) is 12.3 Å². The molecule has 0 amide bonds. The molecular weight excluding hydrogens is 192 g/mol. The SMILES string of the molecule is COC(C)CC1(C(=O)O)CCCC(C)C1. The zero-order valence-electron chi connectivity index (χ0n) is 9.95. The Morgan fingerprint density at radius 3 is 2.80 bits per heavy atom. The molecule has 15 heavy (non-hydrogen) atoms. The van der Waals surface area contributed by atoms with Crippen LogP contribution in [0.1, 0.15) is 46.0 Å². The van der Waals surface area contributed by atoms with Gasteiger partial charge >= 0.3 is 5.97 Å². The molecule has 1 fully saturated rings. The van der Waals surface area contributed by atoms with Gasteiger partial charge in [0.25, 0.3) is 0 Å². The van der Waals surface area contributed by atoms with Crippen molar-refractivity contribution in [3.05, 3.63) is 0 Å². The Hall–Kier alpha value is -0.570. The summed E-state index contributed by atoms with van der Waals surface area (Å²) < 4.78 is 5.20. The topological polar surface area (TPSA) is 46.5 Å². The monoisotopic (exact) mass is 214 g/mol. The van der Waals surface area contributed by atoms with Gasteiger partial charge in [0.2, 0.25) is 0 Å². The van der Waals surface area contributed by atoms with E-state index in [4.69, 9.17) is 4.74 Å². The number of ether oxygens (including phenoxy) is 1. The lowest BCUT2D eigenvalue weighted by atomic mass is 9.67. The smallest absolute Gasteiger partial charge is 0.309 e. The summed E-state index contributed by atoms with van der Waals surface area (Å²) >= 11 is 0. The normalized spacial score (nSPS) is 33.7. The second-order valence-corrected chi connectivity index (χ2v) is 5.04. The number of methoxy groups -OCH3 is 1. The minimum absolute atomic E-state index is 0.0337. The van der Waals surface area contributed by atoms with Gasteiger partial charge in [0.15, 0.2) is 0 Å². The first-order chi connectivity index (χ1) is 7.00. The molecule has 3 atom stereocenters. The minimum Gasteiger partial charge on any atom is -0.481 e. The van der Waals surface area contributed by atoms with Crippen molar-refractivity contribution in [1.29, 1.82) is 0 Å². The van der Waals surface area contributed by atoms with E-state index in [1.54, 1.807) is 7.11 Å². The van der Waals surface area contributed by atoms with E-state index in [1.807, 2.05) is 6.92 Å². The zero-order valence-corrected chi connectivity index (χ0v) is 9.95. The first kappa shape index (κ1) is 12.5. The fourth-order valence-corrected chi connectivity index (χ4v) is 2.76. The molecule has 3 nitrogen and oxygen atoms in total. The molecule has 1 aliphatic carbocycles. The van der Waals surface area contributed by atoms with Crippen LogP contribution in [0.4, 0.5) is 0 Å². The number of hydrogen-bond acceptors (Lipinski definition) is 2. The van der Waals surface area contributed by atoms with Crippen molar-refractivity contribution in [2.24, 2.45) is 11.3 Å². The predicted molar refractivity (Wildman–Crippen MR) is 58.8 cm³/mol. The van der Waals surface area contributed by atoms with Crippen LogP contribution >= 0.6 is 0 Å². The highest BCUT2D eigenvalue weighted by Gasteiger charge is 2.42. The average Bonchev–Trinajstić information content (AvgIpc) is 2.17. The first-order valence-corrected chi connectivity index (χ1v) is 5.76. The van der Waals surface area contributed by atoms with Gasteiger partial charge in [-0.3, -0.25) is 4.79 Å². The number of rotatable bonds is 4. The van der Waals surface area contributed by atoms with Crippen molar-refractivity contribution in [2.75, 3.05) is 7.11 Å². The van der Waals surface area contributed by atoms with Crippen molar-refractivity contribution >= 4 is 5.97 Å². The summed E-state index contributed by atoms with van der Waals surface area (Å²) in [6.45, 7) is 4.10. The van der Waals surface area contributed by atoms with Crippen LogP contribution in [0, 0.1) is 11.3 Å². The quantitative estimate of drug-likeness (QED) is 0.782. The maximum atomic E-state index is 11.4. The van der Waals surface area contributed by atoms with Crippen LogP contribution < -0.4 is 0 Å². The predicted octanol–water partition coefficient (Wildman–Crippen LogP) is 2.69. The van der Waals surface area contributed by atoms with Crippen molar-refractivity contribution < 1.29 is 14.6 Å². The van der Waals surface area contributed by atoms with E-state index in [2.05, 4.69) is 6.92 Å². The van der Waals surface area contributed by atoms with E-state index in [-0.39, 0.29) is 6.10 Å². The molecule has 0 aromatic heterocycles. The number of carbonyl (C=O) groups is 1. The lowest BCUT2D eigenvalue weighted by Gasteiger charge is -2.37. The molecule has 3 unspecified atom stereocenters. The minimum atomic E-state index is -0.641. The van der Waals surface area contributed by atoms with Gasteiger partial charge in [-0.15, -0.1) is 0 Å². The third-order valence-electron chi connectivity index (χ3n) is 3.63. The molecule has 1 N–H and O–H groups in total. The van der Waals surface area contributed by atoms with Gasteiger partial charge in [0.05, 0.1) is 11.5 Å². The van der Waals surface area contributed by atoms with E-state index < -0.39 is 11.4 Å². The fraction of sp³-hybridized carbons (Fsp3) is 0.917. The molecule has 1 saturated carbocycles. The van der Waals surface area contributed by atoms with Crippen LogP contribution in [0.5, 0.6) is 0 Å². The second kappa shape index (κ2) is 4.97. The molecular formula is C12H22O3. The maximum Gasteiger partial charge on any atom is 0.309 e. The molecule has 0 aliphatic heterocycles. The number of carboxylic acids is 1. The lowest BCUT2D eigenvalue weighted by Crippen LogP contribution is -2.38. The molecule has 0 radical (unpaired) electrons. The van der Waals surface area contributed by atoms with Crippen molar-refractivity contribution in [2.45, 2.75) is 52.1 Å². The summed E-state index contributed by atoms with van der Waals surface area (Å²) in [4.78, 5) is 11.4. The molecule has 0 saturated heterocycles. The van der Waals surface area contributed by atoms with E-state index in [9.17, 15) is 9.90 Å². The molecule has 0 aromatic rings. The van der Waals surface area contributed by atoms with Crippen LogP contribution in [0.2, 0.25) is 0 Å². The molecule has 88 valence electrons. The highest BCUT2D eigenvalue weighted by molar-refractivity contribution is 5.74. The van der Waals surface area contributed by atoms with Crippen LogP contribution in [0.15, 0.2) is 0 Å². The van der Waals surface area contributed by atoms with E-state index in [0.717, 1.165) is 25.7 Å². The Labute approximate surface area is 91.8 Å². The molecule has 3 heteroatoms. The lowest BCUT2D eigenvalue weighted by molar-refractivity contribution is -0.154. The summed E-state index contributed by atoms with van der Waals surface area (Å²) in [6, 6.07) is 0. The molecule has 1 rings (SSSR count). The summed E-state index contributed by atoms with van der Waals surface area (Å²) in [5.41, 5.74) is -0.535. The Kier molecular flexibility index (Phi) is 4.14. The van der Waals surface area contributed by atoms with Gasteiger partial charge in [-0.05, 0) is 32.1 Å². The molecule has 0 aromatic carbocycles. The second-order valence-electron chi connectivity index (χ2n) is 5.04. The molecule has 0 spiro atoms. The van der Waals surface area contributed by atoms with Gasteiger partial charge < -0.3 is 9.84 Å². The van der Waals surface area contributed by atoms with Crippen LogP contribution in [-0.2, 0) is 9.53 Å². The van der Waals surface area contributed by atoms with Crippen LogP contribution in [0.25, 0.3) is 0 Å². The Balaban J connectivity index is 2.73. The summed E-state index contributed by atoms with van der Waals surface area (Å²) in [5, 5.41) is 9.40. The Morgan fingerprint density at radius 1 is 1.67 bits per heavy atom. The van der Waals surface area contributed by atoms with Crippen molar-refractivity contribution in [1.82, 2.24) is 0 Å². The standard InChI is InChI=1S/C12H22O3/c1-9-5-4-6-12(7-9,11(13)14)8-10(2)15-3/h9-10H,4-8H2,1-3H3,(H,13,14). The third kappa shape index (κ3) is 2.94. The highest BCUT2D eigenvalue weighted by Crippen LogP contribution is 2.43. The van der Waals surface area contributed by atoms with Gasteiger partial charge in [-0.2, -0.15) is 0 Å². The van der Waals surface area contributed by atoms with Crippen molar-refractivity contribution in [3.8, 4) is 0 Å².